The minimum atomic E-state index is 0.320. The Balaban J connectivity index is 2.18. The van der Waals surface area contributed by atoms with Crippen molar-refractivity contribution in [2.24, 2.45) is 0 Å². The van der Waals surface area contributed by atoms with E-state index in [1.165, 1.54) is 30.4 Å². The third kappa shape index (κ3) is 3.03. The molecule has 0 aliphatic heterocycles. The first-order valence-electron chi connectivity index (χ1n) is 7.11. The molecule has 0 amide bonds. The highest BCUT2D eigenvalue weighted by Gasteiger charge is 2.25. The number of benzene rings is 1. The normalized spacial score (nSPS) is 23.2. The van der Waals surface area contributed by atoms with E-state index in [-0.39, 0.29) is 0 Å². The summed E-state index contributed by atoms with van der Waals surface area (Å²) in [6.45, 7) is 4.19. The fourth-order valence-corrected chi connectivity index (χ4v) is 3.04. The molecule has 3 nitrogen and oxygen atoms in total. The molecule has 19 heavy (non-hydrogen) atoms. The molecule has 0 heterocycles. The van der Waals surface area contributed by atoms with Crippen molar-refractivity contribution in [2.45, 2.75) is 51.7 Å². The molecule has 3 heteroatoms. The molecule has 0 radical (unpaired) electrons. The summed E-state index contributed by atoms with van der Waals surface area (Å²) in [5, 5.41) is 3.65. The molecule has 1 aromatic carbocycles. The van der Waals surface area contributed by atoms with Crippen LogP contribution in [0.15, 0.2) is 12.1 Å². The maximum Gasteiger partial charge on any atom is 0.126 e. The number of hydrogen-bond donors (Lipinski definition) is 1. The van der Waals surface area contributed by atoms with Gasteiger partial charge >= 0.3 is 0 Å². The van der Waals surface area contributed by atoms with Gasteiger partial charge < -0.3 is 14.8 Å². The van der Waals surface area contributed by atoms with Crippen LogP contribution in [-0.4, -0.2) is 26.4 Å². The van der Waals surface area contributed by atoms with Crippen molar-refractivity contribution in [2.75, 3.05) is 19.5 Å². The molecule has 2 rings (SSSR count). The molecule has 0 spiro atoms. The van der Waals surface area contributed by atoms with E-state index < -0.39 is 0 Å². The molecule has 1 fully saturated rings. The minimum absolute atomic E-state index is 0.320. The summed E-state index contributed by atoms with van der Waals surface area (Å²) in [6.07, 6.45) is 5.19. The highest BCUT2D eigenvalue weighted by molar-refractivity contribution is 5.60. The number of ether oxygens (including phenoxy) is 2. The largest absolute Gasteiger partial charge is 0.496 e. The van der Waals surface area contributed by atoms with Gasteiger partial charge in [0.2, 0.25) is 0 Å². The van der Waals surface area contributed by atoms with Gasteiger partial charge in [-0.15, -0.1) is 0 Å². The average Bonchev–Trinajstić information content (AvgIpc) is 2.43. The van der Waals surface area contributed by atoms with E-state index in [1.54, 1.807) is 7.11 Å². The highest BCUT2D eigenvalue weighted by atomic mass is 16.5. The van der Waals surface area contributed by atoms with E-state index in [0.717, 1.165) is 17.9 Å². The number of aryl methyl sites for hydroxylation is 1. The van der Waals surface area contributed by atoms with Crippen LogP contribution in [0, 0.1) is 13.8 Å². The quantitative estimate of drug-likeness (QED) is 0.899. The van der Waals surface area contributed by atoms with E-state index in [1.807, 2.05) is 7.11 Å². The Hall–Kier alpha value is -1.22. The van der Waals surface area contributed by atoms with Gasteiger partial charge in [0.25, 0.3) is 0 Å². The average molecular weight is 263 g/mol. The van der Waals surface area contributed by atoms with E-state index in [2.05, 4.69) is 31.3 Å². The fraction of sp³-hybridized carbons (Fsp3) is 0.625. The third-order valence-corrected chi connectivity index (χ3v) is 4.15. The summed E-state index contributed by atoms with van der Waals surface area (Å²) in [7, 11) is 3.55. The van der Waals surface area contributed by atoms with Gasteiger partial charge in [-0.2, -0.15) is 0 Å². The summed E-state index contributed by atoms with van der Waals surface area (Å²) < 4.78 is 11.1. The molecule has 0 saturated heterocycles. The molecule has 1 aliphatic carbocycles. The van der Waals surface area contributed by atoms with E-state index >= 15 is 0 Å². The van der Waals surface area contributed by atoms with Crippen LogP contribution in [-0.2, 0) is 4.74 Å². The molecule has 2 unspecified atom stereocenters. The first-order valence-corrected chi connectivity index (χ1v) is 7.11. The lowest BCUT2D eigenvalue weighted by molar-refractivity contribution is 0.0606. The first-order chi connectivity index (χ1) is 9.17. The highest BCUT2D eigenvalue weighted by Crippen LogP contribution is 2.31. The van der Waals surface area contributed by atoms with E-state index in [9.17, 15) is 0 Å². The van der Waals surface area contributed by atoms with Crippen molar-refractivity contribution in [3.8, 4) is 5.75 Å². The summed E-state index contributed by atoms with van der Waals surface area (Å²) in [5.41, 5.74) is 3.52. The van der Waals surface area contributed by atoms with Crippen molar-refractivity contribution in [1.29, 1.82) is 0 Å². The molecule has 1 saturated carbocycles. The van der Waals surface area contributed by atoms with Crippen LogP contribution in [0.3, 0.4) is 0 Å². The molecule has 0 bridgehead atoms. The van der Waals surface area contributed by atoms with Crippen molar-refractivity contribution in [1.82, 2.24) is 0 Å². The molecule has 1 N–H and O–H groups in total. The van der Waals surface area contributed by atoms with Crippen LogP contribution in [0.2, 0.25) is 0 Å². The standard InChI is InChI=1S/C16H25NO2/c1-11-9-10-13(12(2)16(11)19-4)17-14-7-5-6-8-15(14)18-3/h9-10,14-15,17H,5-8H2,1-4H3. The van der Waals surface area contributed by atoms with Gasteiger partial charge in [0.15, 0.2) is 0 Å². The Morgan fingerprint density at radius 1 is 1.11 bits per heavy atom. The van der Waals surface area contributed by atoms with Crippen molar-refractivity contribution in [3.63, 3.8) is 0 Å². The van der Waals surface area contributed by atoms with Crippen molar-refractivity contribution >= 4 is 5.69 Å². The Morgan fingerprint density at radius 3 is 2.53 bits per heavy atom. The van der Waals surface area contributed by atoms with Crippen LogP contribution >= 0.6 is 0 Å². The van der Waals surface area contributed by atoms with Gasteiger partial charge in [0.1, 0.15) is 5.75 Å². The van der Waals surface area contributed by atoms with E-state index in [0.29, 0.717) is 12.1 Å². The monoisotopic (exact) mass is 263 g/mol. The van der Waals surface area contributed by atoms with Gasteiger partial charge in [-0.25, -0.2) is 0 Å². The number of hydrogen-bond acceptors (Lipinski definition) is 3. The second kappa shape index (κ2) is 6.29. The number of anilines is 1. The van der Waals surface area contributed by atoms with Crippen LogP contribution in [0.5, 0.6) is 5.75 Å². The summed E-state index contributed by atoms with van der Waals surface area (Å²) in [6, 6.07) is 4.66. The predicted octanol–water partition coefficient (Wildman–Crippen LogP) is 3.68. The zero-order valence-electron chi connectivity index (χ0n) is 12.5. The maximum absolute atomic E-state index is 5.60. The number of rotatable bonds is 4. The smallest absolute Gasteiger partial charge is 0.126 e. The number of methoxy groups -OCH3 is 2. The SMILES string of the molecule is COc1c(C)ccc(NC2CCCCC2OC)c1C. The van der Waals surface area contributed by atoms with Crippen molar-refractivity contribution < 1.29 is 9.47 Å². The van der Waals surface area contributed by atoms with Gasteiger partial charge in [-0.1, -0.05) is 18.9 Å². The Morgan fingerprint density at radius 2 is 1.84 bits per heavy atom. The summed E-state index contributed by atoms with van der Waals surface area (Å²) >= 11 is 0. The Bertz CT molecular complexity index is 431. The van der Waals surface area contributed by atoms with Gasteiger partial charge in [-0.3, -0.25) is 0 Å². The fourth-order valence-electron chi connectivity index (χ4n) is 3.04. The second-order valence-electron chi connectivity index (χ2n) is 5.40. The lowest BCUT2D eigenvalue weighted by Gasteiger charge is -2.32. The maximum atomic E-state index is 5.60. The first kappa shape index (κ1) is 14.2. The molecular formula is C16H25NO2. The molecule has 1 aliphatic rings. The zero-order chi connectivity index (χ0) is 13.8. The lowest BCUT2D eigenvalue weighted by Crippen LogP contribution is -2.37. The zero-order valence-corrected chi connectivity index (χ0v) is 12.5. The molecule has 1 aromatic rings. The van der Waals surface area contributed by atoms with Crippen molar-refractivity contribution in [3.05, 3.63) is 23.3 Å². The Kier molecular flexibility index (Phi) is 4.70. The second-order valence-corrected chi connectivity index (χ2v) is 5.40. The minimum Gasteiger partial charge on any atom is -0.496 e. The van der Waals surface area contributed by atoms with Crippen LogP contribution < -0.4 is 10.1 Å². The van der Waals surface area contributed by atoms with E-state index in [4.69, 9.17) is 9.47 Å². The third-order valence-electron chi connectivity index (χ3n) is 4.15. The van der Waals surface area contributed by atoms with Gasteiger partial charge in [0, 0.05) is 18.4 Å². The van der Waals surface area contributed by atoms with Crippen LogP contribution in [0.4, 0.5) is 5.69 Å². The summed E-state index contributed by atoms with van der Waals surface area (Å²) in [5.74, 6) is 0.981. The topological polar surface area (TPSA) is 30.5 Å². The summed E-state index contributed by atoms with van der Waals surface area (Å²) in [4.78, 5) is 0. The Labute approximate surface area is 116 Å². The van der Waals surface area contributed by atoms with Crippen LogP contribution in [0.1, 0.15) is 36.8 Å². The predicted molar refractivity (Wildman–Crippen MR) is 79.1 cm³/mol. The van der Waals surface area contributed by atoms with Crippen LogP contribution in [0.25, 0.3) is 0 Å². The lowest BCUT2D eigenvalue weighted by atomic mass is 9.92. The number of nitrogens with one attached hydrogen (secondary N) is 1. The van der Waals surface area contributed by atoms with Gasteiger partial charge in [-0.05, 0) is 38.3 Å². The molecular weight excluding hydrogens is 238 g/mol. The van der Waals surface area contributed by atoms with Gasteiger partial charge in [0.05, 0.1) is 19.3 Å². The molecule has 106 valence electrons. The molecule has 2 atom stereocenters. The molecule has 0 aromatic heterocycles.